The zero-order chi connectivity index (χ0) is 18.6. The lowest BCUT2D eigenvalue weighted by Gasteiger charge is -2.31. The number of amides is 2. The molecule has 2 amide bonds. The Morgan fingerprint density at radius 1 is 1.19 bits per heavy atom. The topological polar surface area (TPSA) is 86.8 Å². The zero-order valence-corrected chi connectivity index (χ0v) is 15.2. The number of imidazole rings is 1. The molecule has 1 aliphatic heterocycles. The molecule has 3 aromatic rings. The molecule has 27 heavy (non-hydrogen) atoms. The number of carbonyl (C=O) groups is 1. The van der Waals surface area contributed by atoms with Crippen molar-refractivity contribution in [2.75, 3.05) is 20.1 Å². The Kier molecular flexibility index (Phi) is 4.82. The van der Waals surface area contributed by atoms with Gasteiger partial charge in [-0.25, -0.2) is 19.7 Å². The molecule has 1 fully saturated rings. The highest BCUT2D eigenvalue weighted by atomic mass is 16.2. The van der Waals surface area contributed by atoms with Crippen molar-refractivity contribution in [2.24, 2.45) is 0 Å². The quantitative estimate of drug-likeness (QED) is 0.750. The van der Waals surface area contributed by atoms with Gasteiger partial charge >= 0.3 is 6.03 Å². The third-order valence-corrected chi connectivity index (χ3v) is 4.89. The lowest BCUT2D eigenvalue weighted by molar-refractivity contribution is 0.180. The van der Waals surface area contributed by atoms with Crippen LogP contribution in [-0.2, 0) is 0 Å². The largest absolute Gasteiger partial charge is 0.348 e. The Bertz CT molecular complexity index is 906. The van der Waals surface area contributed by atoms with Crippen LogP contribution in [0.25, 0.3) is 22.6 Å². The third-order valence-electron chi connectivity index (χ3n) is 4.89. The van der Waals surface area contributed by atoms with Crippen LogP contribution in [0, 0.1) is 0 Å². The van der Waals surface area contributed by atoms with E-state index in [2.05, 4.69) is 20.3 Å². The number of nitrogens with one attached hydrogen (secondary N) is 2. The highest BCUT2D eigenvalue weighted by molar-refractivity contribution is 5.74. The van der Waals surface area contributed by atoms with Crippen molar-refractivity contribution in [1.29, 1.82) is 0 Å². The molecule has 1 aromatic carbocycles. The summed E-state index contributed by atoms with van der Waals surface area (Å²) in [6, 6.07) is 9.86. The normalized spacial score (nSPS) is 16.9. The lowest BCUT2D eigenvalue weighted by Crippen LogP contribution is -2.43. The summed E-state index contributed by atoms with van der Waals surface area (Å²) in [5, 5.41) is 2.70. The van der Waals surface area contributed by atoms with Gasteiger partial charge in [0.15, 0.2) is 5.82 Å². The van der Waals surface area contributed by atoms with E-state index in [9.17, 15) is 4.79 Å². The Morgan fingerprint density at radius 3 is 2.70 bits per heavy atom. The Balaban J connectivity index is 1.50. The minimum atomic E-state index is -0.0311. The number of benzene rings is 1. The van der Waals surface area contributed by atoms with Crippen molar-refractivity contribution in [1.82, 2.24) is 30.2 Å². The van der Waals surface area contributed by atoms with Crippen LogP contribution < -0.4 is 5.32 Å². The van der Waals surface area contributed by atoms with Gasteiger partial charge in [-0.3, -0.25) is 0 Å². The van der Waals surface area contributed by atoms with Gasteiger partial charge in [0.2, 0.25) is 0 Å². The van der Waals surface area contributed by atoms with Gasteiger partial charge in [0.25, 0.3) is 0 Å². The van der Waals surface area contributed by atoms with Crippen molar-refractivity contribution in [3.8, 4) is 22.6 Å². The summed E-state index contributed by atoms with van der Waals surface area (Å²) in [5.74, 6) is 1.82. The van der Waals surface area contributed by atoms with Crippen LogP contribution in [-0.4, -0.2) is 51.0 Å². The summed E-state index contributed by atoms with van der Waals surface area (Å²) >= 11 is 0. The van der Waals surface area contributed by atoms with E-state index in [0.717, 1.165) is 42.0 Å². The maximum absolute atomic E-state index is 11.9. The molecule has 7 heteroatoms. The van der Waals surface area contributed by atoms with Crippen molar-refractivity contribution >= 4 is 6.03 Å². The average Bonchev–Trinajstić information content (AvgIpc) is 3.24. The first kappa shape index (κ1) is 17.2. The summed E-state index contributed by atoms with van der Waals surface area (Å²) in [5.41, 5.74) is 2.68. The van der Waals surface area contributed by atoms with E-state index in [1.54, 1.807) is 19.4 Å². The first-order valence-corrected chi connectivity index (χ1v) is 9.14. The van der Waals surface area contributed by atoms with Crippen molar-refractivity contribution in [3.63, 3.8) is 0 Å². The molecule has 1 saturated heterocycles. The number of carbonyl (C=O) groups excluding carboxylic acids is 1. The minimum Gasteiger partial charge on any atom is -0.348 e. The number of aromatic nitrogens is 4. The van der Waals surface area contributed by atoms with Crippen molar-refractivity contribution < 1.29 is 4.79 Å². The van der Waals surface area contributed by atoms with Crippen molar-refractivity contribution in [2.45, 2.75) is 18.8 Å². The fourth-order valence-electron chi connectivity index (χ4n) is 3.43. The number of H-pyrrole nitrogens is 1. The second-order valence-electron chi connectivity index (χ2n) is 6.67. The highest BCUT2D eigenvalue weighted by Crippen LogP contribution is 2.27. The van der Waals surface area contributed by atoms with E-state index >= 15 is 0 Å². The summed E-state index contributed by atoms with van der Waals surface area (Å²) in [4.78, 5) is 30.7. The molecular formula is C20H22N6O. The first-order valence-electron chi connectivity index (χ1n) is 9.14. The van der Waals surface area contributed by atoms with Crippen LogP contribution in [0.5, 0.6) is 0 Å². The molecule has 2 aromatic heterocycles. The summed E-state index contributed by atoms with van der Waals surface area (Å²) < 4.78 is 0. The number of hydrogen-bond donors (Lipinski definition) is 2. The van der Waals surface area contributed by atoms with E-state index in [1.807, 2.05) is 41.4 Å². The fourth-order valence-corrected chi connectivity index (χ4v) is 3.43. The number of piperidine rings is 1. The van der Waals surface area contributed by atoms with E-state index in [-0.39, 0.29) is 11.9 Å². The molecule has 0 aliphatic carbocycles. The number of hydrogen-bond acceptors (Lipinski definition) is 4. The third kappa shape index (κ3) is 3.67. The number of nitrogens with zero attached hydrogens (tertiary/aromatic N) is 4. The molecule has 138 valence electrons. The van der Waals surface area contributed by atoms with Gasteiger partial charge in [-0.1, -0.05) is 30.3 Å². The highest BCUT2D eigenvalue weighted by Gasteiger charge is 2.26. The predicted molar refractivity (Wildman–Crippen MR) is 103 cm³/mol. The lowest BCUT2D eigenvalue weighted by atomic mass is 9.97. The molecule has 7 nitrogen and oxygen atoms in total. The Morgan fingerprint density at radius 2 is 1.96 bits per heavy atom. The van der Waals surface area contributed by atoms with Crippen LogP contribution >= 0.6 is 0 Å². The second-order valence-corrected chi connectivity index (χ2v) is 6.67. The van der Waals surface area contributed by atoms with Gasteiger partial charge in [0.1, 0.15) is 5.82 Å². The smallest absolute Gasteiger partial charge is 0.317 e. The van der Waals surface area contributed by atoms with Crippen LogP contribution in [0.1, 0.15) is 24.6 Å². The monoisotopic (exact) mass is 362 g/mol. The summed E-state index contributed by atoms with van der Waals surface area (Å²) in [7, 11) is 1.66. The van der Waals surface area contributed by atoms with Crippen molar-refractivity contribution in [3.05, 3.63) is 54.7 Å². The summed E-state index contributed by atoms with van der Waals surface area (Å²) in [6.07, 6.45) is 7.47. The molecule has 1 aliphatic rings. The Labute approximate surface area is 157 Å². The van der Waals surface area contributed by atoms with Crippen LogP contribution in [0.15, 0.2) is 48.9 Å². The van der Waals surface area contributed by atoms with E-state index in [1.165, 1.54) is 0 Å². The van der Waals surface area contributed by atoms with Crippen LogP contribution in [0.3, 0.4) is 0 Å². The SMILES string of the molecule is CNC(=O)N1CCC[C@H](c2nc(-c3cnc(-c4ccccc4)nc3)c[nH]2)C1. The molecule has 0 saturated carbocycles. The molecule has 0 unspecified atom stereocenters. The number of urea groups is 1. The number of likely N-dealkylation sites (tertiary alicyclic amines) is 1. The number of aromatic amines is 1. The molecule has 0 bridgehead atoms. The molecule has 1 atom stereocenters. The maximum Gasteiger partial charge on any atom is 0.317 e. The van der Waals surface area contributed by atoms with Gasteiger partial charge in [-0.15, -0.1) is 0 Å². The van der Waals surface area contributed by atoms with Gasteiger partial charge in [0, 0.05) is 55.8 Å². The van der Waals surface area contributed by atoms with E-state index < -0.39 is 0 Å². The molecule has 0 spiro atoms. The van der Waals surface area contributed by atoms with Gasteiger partial charge in [0.05, 0.1) is 5.69 Å². The molecule has 2 N–H and O–H groups in total. The summed E-state index contributed by atoms with van der Waals surface area (Å²) in [6.45, 7) is 1.47. The van der Waals surface area contributed by atoms with Crippen LogP contribution in [0.2, 0.25) is 0 Å². The standard InChI is InChI=1S/C20H22N6O/c1-21-20(27)26-9-5-8-15(13-26)19-24-12-17(25-19)16-10-22-18(23-11-16)14-6-3-2-4-7-14/h2-4,6-7,10-12,15H,5,8-9,13H2,1H3,(H,21,27)(H,24,25)/t15-/m0/s1. The minimum absolute atomic E-state index is 0.0311. The van der Waals surface area contributed by atoms with E-state index in [4.69, 9.17) is 4.98 Å². The van der Waals surface area contributed by atoms with Gasteiger partial charge in [-0.05, 0) is 12.8 Å². The predicted octanol–water partition coefficient (Wildman–Crippen LogP) is 3.05. The average molecular weight is 362 g/mol. The zero-order valence-electron chi connectivity index (χ0n) is 15.2. The molecule has 0 radical (unpaired) electrons. The molecule has 3 heterocycles. The van der Waals surface area contributed by atoms with Gasteiger partial charge in [-0.2, -0.15) is 0 Å². The second kappa shape index (κ2) is 7.57. The molecule has 4 rings (SSSR count). The fraction of sp³-hybridized carbons (Fsp3) is 0.300. The first-order chi connectivity index (χ1) is 13.2. The van der Waals surface area contributed by atoms with Gasteiger partial charge < -0.3 is 15.2 Å². The number of rotatable bonds is 3. The molecular weight excluding hydrogens is 340 g/mol. The van der Waals surface area contributed by atoms with Crippen LogP contribution in [0.4, 0.5) is 4.79 Å². The Hall–Kier alpha value is -3.22. The maximum atomic E-state index is 11.9. The van der Waals surface area contributed by atoms with E-state index in [0.29, 0.717) is 12.4 Å².